The number of piperidine rings is 1. The summed E-state index contributed by atoms with van der Waals surface area (Å²) in [6.45, 7) is 5.93. The SMILES string of the molecule is Cc1cc(Cl)c(CN2CCC3(CC(C#N)C3)CC2c2ccc(C(=O)NCC3COC3)cc2)c2cc[nH]c12. The van der Waals surface area contributed by atoms with Crippen molar-refractivity contribution in [1.82, 2.24) is 15.2 Å². The third kappa shape index (κ3) is 4.65. The van der Waals surface area contributed by atoms with Crippen LogP contribution < -0.4 is 5.32 Å². The molecular weight excluding hydrogens is 484 g/mol. The second-order valence-electron chi connectivity index (χ2n) is 11.3. The Balaban J connectivity index is 1.25. The molecule has 3 aromatic rings. The predicted molar refractivity (Wildman–Crippen MR) is 144 cm³/mol. The van der Waals surface area contributed by atoms with Crippen LogP contribution in [0.1, 0.15) is 58.8 Å². The van der Waals surface area contributed by atoms with Crippen molar-refractivity contribution in [2.45, 2.75) is 45.2 Å². The number of aromatic nitrogens is 1. The van der Waals surface area contributed by atoms with Crippen molar-refractivity contribution < 1.29 is 9.53 Å². The molecule has 3 fully saturated rings. The van der Waals surface area contributed by atoms with E-state index >= 15 is 0 Å². The van der Waals surface area contributed by atoms with Crippen molar-refractivity contribution >= 4 is 28.4 Å². The fraction of sp³-hybridized carbons (Fsp3) is 0.467. The maximum atomic E-state index is 12.7. The van der Waals surface area contributed by atoms with Crippen LogP contribution in [0.5, 0.6) is 0 Å². The molecule has 192 valence electrons. The number of H-pyrrole nitrogens is 1. The van der Waals surface area contributed by atoms with Crippen molar-refractivity contribution in [1.29, 1.82) is 5.26 Å². The van der Waals surface area contributed by atoms with Gasteiger partial charge in [0.15, 0.2) is 0 Å². The molecule has 3 heterocycles. The summed E-state index contributed by atoms with van der Waals surface area (Å²) in [6.07, 6.45) is 6.10. The normalized spacial score (nSPS) is 26.0. The quantitative estimate of drug-likeness (QED) is 0.436. The van der Waals surface area contributed by atoms with Gasteiger partial charge in [0, 0.05) is 58.7 Å². The number of nitriles is 1. The van der Waals surface area contributed by atoms with Gasteiger partial charge in [-0.1, -0.05) is 23.7 Å². The molecule has 7 heteroatoms. The van der Waals surface area contributed by atoms with Crippen molar-refractivity contribution in [3.05, 3.63) is 69.9 Å². The number of carbonyl (C=O) groups excluding carboxylic acids is 1. The van der Waals surface area contributed by atoms with E-state index in [1.54, 1.807) is 0 Å². The molecule has 3 aliphatic rings. The van der Waals surface area contributed by atoms with Crippen molar-refractivity contribution in [3.8, 4) is 6.07 Å². The van der Waals surface area contributed by atoms with Crippen LogP contribution >= 0.6 is 11.6 Å². The van der Waals surface area contributed by atoms with Crippen LogP contribution in [0.3, 0.4) is 0 Å². The molecule has 1 unspecified atom stereocenters. The van der Waals surface area contributed by atoms with Crippen LogP contribution in [-0.4, -0.2) is 42.1 Å². The van der Waals surface area contributed by atoms with Gasteiger partial charge in [-0.3, -0.25) is 9.69 Å². The van der Waals surface area contributed by atoms with Gasteiger partial charge in [-0.25, -0.2) is 0 Å². The molecule has 0 bridgehead atoms. The molecule has 1 saturated carbocycles. The average molecular weight is 517 g/mol. The van der Waals surface area contributed by atoms with Crippen LogP contribution in [0.2, 0.25) is 5.02 Å². The molecular formula is C30H33ClN4O2. The minimum absolute atomic E-state index is 0.0347. The summed E-state index contributed by atoms with van der Waals surface area (Å²) in [5.41, 5.74) is 5.59. The molecule has 2 aromatic carbocycles. The summed E-state index contributed by atoms with van der Waals surface area (Å²) >= 11 is 6.80. The number of nitrogens with zero attached hydrogens (tertiary/aromatic N) is 2. The predicted octanol–water partition coefficient (Wildman–Crippen LogP) is 5.76. The number of rotatable bonds is 6. The van der Waals surface area contributed by atoms with Crippen LogP contribution in [0, 0.1) is 35.5 Å². The van der Waals surface area contributed by atoms with E-state index in [0.29, 0.717) is 18.0 Å². The number of aryl methyl sites for hydroxylation is 1. The summed E-state index contributed by atoms with van der Waals surface area (Å²) in [5.74, 6) is 0.577. The highest BCUT2D eigenvalue weighted by Crippen LogP contribution is 2.56. The van der Waals surface area contributed by atoms with Gasteiger partial charge in [-0.15, -0.1) is 0 Å². The number of hydrogen-bond acceptors (Lipinski definition) is 4. The Kier molecular flexibility index (Phi) is 6.48. The van der Waals surface area contributed by atoms with Crippen LogP contribution in [0.4, 0.5) is 0 Å². The lowest BCUT2D eigenvalue weighted by atomic mass is 9.56. The molecule has 6 rings (SSSR count). The number of carbonyl (C=O) groups is 1. The van der Waals surface area contributed by atoms with Crippen LogP contribution in [0.15, 0.2) is 42.6 Å². The highest BCUT2D eigenvalue weighted by atomic mass is 35.5. The molecule has 1 amide bonds. The third-order valence-electron chi connectivity index (χ3n) is 8.81. The average Bonchev–Trinajstić information content (AvgIpc) is 3.35. The van der Waals surface area contributed by atoms with Gasteiger partial charge in [-0.05, 0) is 85.5 Å². The number of amides is 1. The van der Waals surface area contributed by atoms with Crippen molar-refractivity contribution in [3.63, 3.8) is 0 Å². The molecule has 1 aromatic heterocycles. The van der Waals surface area contributed by atoms with Gasteiger partial charge < -0.3 is 15.0 Å². The highest BCUT2D eigenvalue weighted by molar-refractivity contribution is 6.32. The molecule has 1 atom stereocenters. The largest absolute Gasteiger partial charge is 0.381 e. The minimum atomic E-state index is -0.0347. The minimum Gasteiger partial charge on any atom is -0.381 e. The molecule has 2 N–H and O–H groups in total. The van der Waals surface area contributed by atoms with Crippen molar-refractivity contribution in [2.24, 2.45) is 17.3 Å². The van der Waals surface area contributed by atoms with E-state index in [-0.39, 0.29) is 23.3 Å². The first kappa shape index (κ1) is 24.5. The number of hydrogen-bond donors (Lipinski definition) is 2. The lowest BCUT2D eigenvalue weighted by Gasteiger charge is -2.53. The number of aromatic amines is 1. The fourth-order valence-electron chi connectivity index (χ4n) is 6.53. The Hall–Kier alpha value is -2.85. The van der Waals surface area contributed by atoms with Crippen LogP contribution in [-0.2, 0) is 11.3 Å². The summed E-state index contributed by atoms with van der Waals surface area (Å²) < 4.78 is 5.20. The lowest BCUT2D eigenvalue weighted by Crippen LogP contribution is -2.48. The number of halogens is 1. The summed E-state index contributed by atoms with van der Waals surface area (Å²) in [7, 11) is 0. The van der Waals surface area contributed by atoms with E-state index in [0.717, 1.165) is 73.7 Å². The zero-order chi connectivity index (χ0) is 25.6. The van der Waals surface area contributed by atoms with E-state index in [4.69, 9.17) is 16.3 Å². The molecule has 2 saturated heterocycles. The first-order valence-corrected chi connectivity index (χ1v) is 13.7. The summed E-state index contributed by atoms with van der Waals surface area (Å²) in [5, 5.41) is 14.4. The number of nitrogens with one attached hydrogen (secondary N) is 2. The van der Waals surface area contributed by atoms with Gasteiger partial charge in [0.25, 0.3) is 5.91 Å². The zero-order valence-electron chi connectivity index (χ0n) is 21.2. The topological polar surface area (TPSA) is 81.2 Å². The van der Waals surface area contributed by atoms with Gasteiger partial charge in [0.2, 0.25) is 0 Å². The number of benzene rings is 2. The molecule has 37 heavy (non-hydrogen) atoms. The molecule has 0 radical (unpaired) electrons. The number of fused-ring (bicyclic) bond motifs is 1. The first-order chi connectivity index (χ1) is 17.9. The molecule has 1 spiro atoms. The maximum absolute atomic E-state index is 12.7. The Morgan fingerprint density at radius 2 is 2.03 bits per heavy atom. The number of ether oxygens (including phenoxy) is 1. The van der Waals surface area contributed by atoms with Gasteiger partial charge in [0.1, 0.15) is 0 Å². The third-order valence-corrected chi connectivity index (χ3v) is 9.15. The molecule has 6 nitrogen and oxygen atoms in total. The van der Waals surface area contributed by atoms with Gasteiger partial charge in [0.05, 0.1) is 19.3 Å². The first-order valence-electron chi connectivity index (χ1n) is 13.3. The fourth-order valence-corrected chi connectivity index (χ4v) is 6.86. The Morgan fingerprint density at radius 3 is 2.73 bits per heavy atom. The van der Waals surface area contributed by atoms with E-state index in [9.17, 15) is 10.1 Å². The molecule has 2 aliphatic heterocycles. The highest BCUT2D eigenvalue weighted by Gasteiger charge is 2.49. The Morgan fingerprint density at radius 1 is 1.24 bits per heavy atom. The monoisotopic (exact) mass is 516 g/mol. The standard InChI is InChI=1S/C30H33ClN4O2/c1-19-10-26(31)25(24-6-8-33-28(19)24)16-35-9-7-30(11-20(12-30)14-32)13-27(35)22-2-4-23(5-3-22)29(36)34-15-21-17-37-18-21/h2-6,8,10,20-21,27,33H,7,9,11-13,15-18H2,1H3,(H,34,36). The summed E-state index contributed by atoms with van der Waals surface area (Å²) in [6, 6.07) is 15.0. The smallest absolute Gasteiger partial charge is 0.251 e. The zero-order valence-corrected chi connectivity index (χ0v) is 22.0. The second kappa shape index (κ2) is 9.79. The van der Waals surface area contributed by atoms with E-state index < -0.39 is 0 Å². The lowest BCUT2D eigenvalue weighted by molar-refractivity contribution is -0.0299. The van der Waals surface area contributed by atoms with Gasteiger partial charge >= 0.3 is 0 Å². The Labute approximate surface area is 222 Å². The van der Waals surface area contributed by atoms with E-state index in [2.05, 4.69) is 52.5 Å². The number of likely N-dealkylation sites (tertiary alicyclic amines) is 1. The second-order valence-corrected chi connectivity index (χ2v) is 11.7. The maximum Gasteiger partial charge on any atom is 0.251 e. The summed E-state index contributed by atoms with van der Waals surface area (Å²) in [4.78, 5) is 18.6. The molecule has 1 aliphatic carbocycles. The van der Waals surface area contributed by atoms with Gasteiger partial charge in [-0.2, -0.15) is 5.26 Å². The van der Waals surface area contributed by atoms with Crippen molar-refractivity contribution in [2.75, 3.05) is 26.3 Å². The van der Waals surface area contributed by atoms with E-state index in [1.165, 1.54) is 10.9 Å². The van der Waals surface area contributed by atoms with Crippen LogP contribution in [0.25, 0.3) is 10.9 Å². The Bertz CT molecular complexity index is 1350. The van der Waals surface area contributed by atoms with E-state index in [1.807, 2.05) is 18.3 Å².